The molecular formula is C14H14BrClFN3O. The third-order valence-corrected chi connectivity index (χ3v) is 3.66. The van der Waals surface area contributed by atoms with Crippen LogP contribution in [0.4, 0.5) is 4.39 Å². The van der Waals surface area contributed by atoms with E-state index in [1.165, 1.54) is 12.1 Å². The van der Waals surface area contributed by atoms with Crippen LogP contribution in [-0.4, -0.2) is 9.97 Å². The molecule has 0 atom stereocenters. The van der Waals surface area contributed by atoms with E-state index in [-0.39, 0.29) is 23.2 Å². The molecule has 7 heteroatoms. The van der Waals surface area contributed by atoms with Crippen LogP contribution in [0.2, 0.25) is 5.02 Å². The highest BCUT2D eigenvalue weighted by Crippen LogP contribution is 2.34. The molecule has 1 aromatic carbocycles. The van der Waals surface area contributed by atoms with Crippen molar-refractivity contribution >= 4 is 27.5 Å². The number of nitrogens with two attached hydrogens (primary N) is 1. The first-order chi connectivity index (χ1) is 9.92. The van der Waals surface area contributed by atoms with Crippen molar-refractivity contribution in [1.29, 1.82) is 0 Å². The highest BCUT2D eigenvalue weighted by molar-refractivity contribution is 9.10. The number of hydrogen-bond acceptors (Lipinski definition) is 4. The fourth-order valence-corrected chi connectivity index (χ4v) is 2.35. The molecule has 0 amide bonds. The Labute approximate surface area is 135 Å². The molecule has 1 aromatic heterocycles. The number of ether oxygens (including phenoxy) is 1. The molecule has 0 aliphatic heterocycles. The second-order valence-corrected chi connectivity index (χ2v) is 5.96. The van der Waals surface area contributed by atoms with E-state index in [4.69, 9.17) is 22.1 Å². The van der Waals surface area contributed by atoms with E-state index in [2.05, 4.69) is 25.9 Å². The Kier molecular flexibility index (Phi) is 5.13. The van der Waals surface area contributed by atoms with Gasteiger partial charge in [0.15, 0.2) is 5.75 Å². The van der Waals surface area contributed by atoms with Gasteiger partial charge in [-0.2, -0.15) is 0 Å². The predicted molar refractivity (Wildman–Crippen MR) is 83.2 cm³/mol. The molecule has 1 heterocycles. The molecular weight excluding hydrogens is 361 g/mol. The van der Waals surface area contributed by atoms with Crippen LogP contribution >= 0.6 is 27.5 Å². The van der Waals surface area contributed by atoms with Gasteiger partial charge in [0.05, 0.1) is 15.7 Å². The molecule has 0 bridgehead atoms. The summed E-state index contributed by atoms with van der Waals surface area (Å²) in [5, 5.41) is 0.0136. The Balaban J connectivity index is 2.37. The van der Waals surface area contributed by atoms with Crippen molar-refractivity contribution in [3.05, 3.63) is 45.2 Å². The van der Waals surface area contributed by atoms with Crippen molar-refractivity contribution in [2.75, 3.05) is 0 Å². The monoisotopic (exact) mass is 373 g/mol. The second-order valence-electron chi connectivity index (χ2n) is 4.70. The highest BCUT2D eigenvalue weighted by atomic mass is 79.9. The maximum Gasteiger partial charge on any atom is 0.168 e. The Hall–Kier alpha value is -1.24. The third kappa shape index (κ3) is 3.70. The van der Waals surface area contributed by atoms with E-state index in [1.54, 1.807) is 6.20 Å². The standard InChI is InChI=1S/C14H14BrClFN3O/c1-7(2)14-19-6-13(11(5-18)20-14)21-12-4-10(17)9(16)3-8(12)15/h3-4,6-7H,5,18H2,1-2H3. The number of benzene rings is 1. The smallest absolute Gasteiger partial charge is 0.168 e. The van der Waals surface area contributed by atoms with Crippen molar-refractivity contribution in [3.63, 3.8) is 0 Å². The lowest BCUT2D eigenvalue weighted by atomic mass is 10.2. The molecule has 0 fully saturated rings. The van der Waals surface area contributed by atoms with Gasteiger partial charge in [-0.05, 0) is 22.0 Å². The van der Waals surface area contributed by atoms with Crippen LogP contribution in [-0.2, 0) is 6.54 Å². The van der Waals surface area contributed by atoms with Gasteiger partial charge in [0.1, 0.15) is 23.1 Å². The third-order valence-electron chi connectivity index (χ3n) is 2.75. The lowest BCUT2D eigenvalue weighted by molar-refractivity contribution is 0.459. The van der Waals surface area contributed by atoms with Crippen LogP contribution in [0.25, 0.3) is 0 Å². The normalized spacial score (nSPS) is 11.0. The zero-order valence-corrected chi connectivity index (χ0v) is 13.9. The molecule has 0 aliphatic rings. The maximum absolute atomic E-state index is 13.5. The summed E-state index contributed by atoms with van der Waals surface area (Å²) in [6, 6.07) is 2.63. The number of nitrogens with zero attached hydrogens (tertiary/aromatic N) is 2. The van der Waals surface area contributed by atoms with Gasteiger partial charge in [0.25, 0.3) is 0 Å². The summed E-state index contributed by atoms with van der Waals surface area (Å²) in [5.41, 5.74) is 6.25. The second kappa shape index (κ2) is 6.68. The summed E-state index contributed by atoms with van der Waals surface area (Å²) >= 11 is 8.97. The highest BCUT2D eigenvalue weighted by Gasteiger charge is 2.14. The van der Waals surface area contributed by atoms with Crippen molar-refractivity contribution in [2.45, 2.75) is 26.3 Å². The van der Waals surface area contributed by atoms with Gasteiger partial charge in [-0.25, -0.2) is 14.4 Å². The minimum Gasteiger partial charge on any atom is -0.452 e. The molecule has 2 aromatic rings. The Bertz CT molecular complexity index is 667. The summed E-state index contributed by atoms with van der Waals surface area (Å²) in [6.45, 7) is 4.17. The van der Waals surface area contributed by atoms with Crippen LogP contribution < -0.4 is 10.5 Å². The average Bonchev–Trinajstić information content (AvgIpc) is 2.44. The summed E-state index contributed by atoms with van der Waals surface area (Å²) < 4.78 is 19.7. The molecule has 112 valence electrons. The van der Waals surface area contributed by atoms with Gasteiger partial charge < -0.3 is 10.5 Å². The maximum atomic E-state index is 13.5. The van der Waals surface area contributed by atoms with E-state index in [0.717, 1.165) is 0 Å². The van der Waals surface area contributed by atoms with Crippen molar-refractivity contribution < 1.29 is 9.13 Å². The summed E-state index contributed by atoms with van der Waals surface area (Å²) in [4.78, 5) is 8.59. The van der Waals surface area contributed by atoms with E-state index in [0.29, 0.717) is 21.7 Å². The average molecular weight is 375 g/mol. The van der Waals surface area contributed by atoms with Crippen LogP contribution in [0.1, 0.15) is 31.3 Å². The van der Waals surface area contributed by atoms with Gasteiger partial charge >= 0.3 is 0 Å². The van der Waals surface area contributed by atoms with Crippen LogP contribution in [0.3, 0.4) is 0 Å². The molecule has 0 radical (unpaired) electrons. The zero-order valence-electron chi connectivity index (χ0n) is 11.5. The number of rotatable bonds is 4. The van der Waals surface area contributed by atoms with E-state index in [1.807, 2.05) is 13.8 Å². The number of halogens is 3. The molecule has 0 aliphatic carbocycles. The molecule has 0 spiro atoms. The SMILES string of the molecule is CC(C)c1ncc(Oc2cc(F)c(Cl)cc2Br)c(CN)n1. The van der Waals surface area contributed by atoms with E-state index >= 15 is 0 Å². The van der Waals surface area contributed by atoms with Gasteiger partial charge in [0, 0.05) is 18.5 Å². The van der Waals surface area contributed by atoms with E-state index < -0.39 is 5.82 Å². The quantitative estimate of drug-likeness (QED) is 0.805. The van der Waals surface area contributed by atoms with Gasteiger partial charge in [-0.15, -0.1) is 0 Å². The Morgan fingerprint density at radius 3 is 2.71 bits per heavy atom. The van der Waals surface area contributed by atoms with Gasteiger partial charge in [-0.3, -0.25) is 0 Å². The molecule has 2 rings (SSSR count). The van der Waals surface area contributed by atoms with Crippen molar-refractivity contribution in [3.8, 4) is 11.5 Å². The lowest BCUT2D eigenvalue weighted by Gasteiger charge is -2.13. The largest absolute Gasteiger partial charge is 0.452 e. The van der Waals surface area contributed by atoms with Gasteiger partial charge in [-0.1, -0.05) is 25.4 Å². The molecule has 21 heavy (non-hydrogen) atoms. The van der Waals surface area contributed by atoms with Crippen molar-refractivity contribution in [1.82, 2.24) is 9.97 Å². The van der Waals surface area contributed by atoms with Crippen LogP contribution in [0.5, 0.6) is 11.5 Å². The Morgan fingerprint density at radius 1 is 1.38 bits per heavy atom. The predicted octanol–water partition coefficient (Wildman–Crippen LogP) is 4.41. The van der Waals surface area contributed by atoms with Crippen LogP contribution in [0.15, 0.2) is 22.8 Å². The fourth-order valence-electron chi connectivity index (χ4n) is 1.63. The minimum atomic E-state index is -0.566. The first-order valence-corrected chi connectivity index (χ1v) is 7.47. The van der Waals surface area contributed by atoms with Gasteiger partial charge in [0.2, 0.25) is 0 Å². The minimum absolute atomic E-state index is 0.0136. The zero-order chi connectivity index (χ0) is 15.6. The first-order valence-electron chi connectivity index (χ1n) is 6.30. The lowest BCUT2D eigenvalue weighted by Crippen LogP contribution is -2.07. The molecule has 0 unspecified atom stereocenters. The Morgan fingerprint density at radius 2 is 2.10 bits per heavy atom. The molecule has 2 N–H and O–H groups in total. The fraction of sp³-hybridized carbons (Fsp3) is 0.286. The van der Waals surface area contributed by atoms with E-state index in [9.17, 15) is 4.39 Å². The van der Waals surface area contributed by atoms with Crippen LogP contribution in [0, 0.1) is 5.82 Å². The first kappa shape index (κ1) is 16.1. The molecule has 0 saturated carbocycles. The molecule has 4 nitrogen and oxygen atoms in total. The summed E-state index contributed by atoms with van der Waals surface area (Å²) in [7, 11) is 0. The summed E-state index contributed by atoms with van der Waals surface area (Å²) in [5.74, 6) is 0.980. The number of aromatic nitrogens is 2. The molecule has 0 saturated heterocycles. The number of hydrogen-bond donors (Lipinski definition) is 1. The topological polar surface area (TPSA) is 61.0 Å². The summed E-state index contributed by atoms with van der Waals surface area (Å²) in [6.07, 6.45) is 1.55. The van der Waals surface area contributed by atoms with Crippen molar-refractivity contribution in [2.24, 2.45) is 5.73 Å².